The van der Waals surface area contributed by atoms with Gasteiger partial charge in [0.25, 0.3) is 0 Å². The predicted octanol–water partition coefficient (Wildman–Crippen LogP) is 2.00. The largest absolute Gasteiger partial charge is 0.330 e. The van der Waals surface area contributed by atoms with Gasteiger partial charge in [-0.3, -0.25) is 4.79 Å². The fourth-order valence-corrected chi connectivity index (χ4v) is 1.69. The first-order valence-electron chi connectivity index (χ1n) is 5.27. The van der Waals surface area contributed by atoms with Gasteiger partial charge in [0.1, 0.15) is 0 Å². The fourth-order valence-electron chi connectivity index (χ4n) is 1.69. The molecule has 1 heterocycles. The van der Waals surface area contributed by atoms with Crippen LogP contribution < -0.4 is 0 Å². The van der Waals surface area contributed by atoms with Crippen molar-refractivity contribution >= 4 is 5.78 Å². The van der Waals surface area contributed by atoms with Crippen LogP contribution in [0.5, 0.6) is 0 Å². The zero-order valence-corrected chi connectivity index (χ0v) is 9.26. The molecular formula is C13H14N2O. The van der Waals surface area contributed by atoms with Crippen molar-refractivity contribution in [2.45, 2.75) is 19.9 Å². The Hall–Kier alpha value is -1.90. The van der Waals surface area contributed by atoms with Crippen LogP contribution in [0, 0.1) is 6.92 Å². The number of ketones is 1. The molecule has 0 spiro atoms. The van der Waals surface area contributed by atoms with Crippen LogP contribution in [0.3, 0.4) is 0 Å². The van der Waals surface area contributed by atoms with Crippen molar-refractivity contribution in [2.75, 3.05) is 0 Å². The van der Waals surface area contributed by atoms with Gasteiger partial charge in [0.2, 0.25) is 0 Å². The van der Waals surface area contributed by atoms with Gasteiger partial charge in [0, 0.05) is 18.8 Å². The van der Waals surface area contributed by atoms with Gasteiger partial charge in [-0.2, -0.15) is 0 Å². The average molecular weight is 214 g/mol. The van der Waals surface area contributed by atoms with E-state index in [1.165, 1.54) is 5.56 Å². The van der Waals surface area contributed by atoms with Crippen molar-refractivity contribution in [2.24, 2.45) is 0 Å². The predicted molar refractivity (Wildman–Crippen MR) is 62.1 cm³/mol. The van der Waals surface area contributed by atoms with Crippen molar-refractivity contribution in [3.8, 4) is 0 Å². The van der Waals surface area contributed by atoms with E-state index in [-0.39, 0.29) is 5.78 Å². The number of hydrogen-bond donors (Lipinski definition) is 0. The maximum atomic E-state index is 11.7. The third-order valence-electron chi connectivity index (χ3n) is 2.40. The molecule has 0 bridgehead atoms. The van der Waals surface area contributed by atoms with E-state index < -0.39 is 0 Å². The lowest BCUT2D eigenvalue weighted by Crippen LogP contribution is -2.11. The standard InChI is InChI=1S/C13H14N2O/c1-11-3-2-4-12(7-11)8-13(16)9-15-6-5-14-10-15/h2-7,10H,8-9H2,1H3. The molecule has 1 aromatic heterocycles. The summed E-state index contributed by atoms with van der Waals surface area (Å²) in [5.74, 6) is 0.198. The molecule has 0 fully saturated rings. The van der Waals surface area contributed by atoms with E-state index in [2.05, 4.69) is 4.98 Å². The molecule has 0 amide bonds. The molecule has 0 unspecified atom stereocenters. The monoisotopic (exact) mass is 214 g/mol. The summed E-state index contributed by atoms with van der Waals surface area (Å²) in [6, 6.07) is 8.05. The number of aryl methyl sites for hydroxylation is 1. The number of rotatable bonds is 4. The molecule has 2 rings (SSSR count). The second-order valence-electron chi connectivity index (χ2n) is 3.94. The van der Waals surface area contributed by atoms with Crippen LogP contribution in [0.4, 0.5) is 0 Å². The molecule has 0 aliphatic heterocycles. The Morgan fingerprint density at radius 1 is 1.44 bits per heavy atom. The second-order valence-corrected chi connectivity index (χ2v) is 3.94. The second kappa shape index (κ2) is 4.75. The van der Waals surface area contributed by atoms with Crippen molar-refractivity contribution < 1.29 is 4.79 Å². The summed E-state index contributed by atoms with van der Waals surface area (Å²) in [4.78, 5) is 15.6. The van der Waals surface area contributed by atoms with Crippen molar-refractivity contribution in [3.63, 3.8) is 0 Å². The SMILES string of the molecule is Cc1cccc(CC(=O)Cn2ccnc2)c1. The molecule has 3 heteroatoms. The Bertz CT molecular complexity index is 474. The lowest BCUT2D eigenvalue weighted by atomic mass is 10.1. The molecule has 0 atom stereocenters. The Morgan fingerprint density at radius 3 is 3.00 bits per heavy atom. The molecule has 1 aromatic carbocycles. The third kappa shape index (κ3) is 2.79. The summed E-state index contributed by atoms with van der Waals surface area (Å²) < 4.78 is 1.79. The van der Waals surface area contributed by atoms with Gasteiger partial charge in [-0.15, -0.1) is 0 Å². The van der Waals surface area contributed by atoms with Crippen molar-refractivity contribution in [3.05, 3.63) is 54.1 Å². The summed E-state index contributed by atoms with van der Waals surface area (Å²) in [5, 5.41) is 0. The minimum atomic E-state index is 0.198. The van der Waals surface area contributed by atoms with Crippen LogP contribution in [-0.4, -0.2) is 15.3 Å². The lowest BCUT2D eigenvalue weighted by molar-refractivity contribution is -0.119. The summed E-state index contributed by atoms with van der Waals surface area (Å²) in [5.41, 5.74) is 2.26. The minimum absolute atomic E-state index is 0.198. The zero-order chi connectivity index (χ0) is 11.4. The van der Waals surface area contributed by atoms with Crippen LogP contribution in [-0.2, 0) is 17.8 Å². The highest BCUT2D eigenvalue weighted by Crippen LogP contribution is 2.05. The van der Waals surface area contributed by atoms with Crippen LogP contribution >= 0.6 is 0 Å². The number of hydrogen-bond acceptors (Lipinski definition) is 2. The van der Waals surface area contributed by atoms with Gasteiger partial charge in [-0.05, 0) is 12.5 Å². The Labute approximate surface area is 94.7 Å². The number of nitrogens with zero attached hydrogens (tertiary/aromatic N) is 2. The number of benzene rings is 1. The molecular weight excluding hydrogens is 200 g/mol. The molecule has 0 saturated heterocycles. The Morgan fingerprint density at radius 2 is 2.31 bits per heavy atom. The number of imidazole rings is 1. The lowest BCUT2D eigenvalue weighted by Gasteiger charge is -2.03. The highest BCUT2D eigenvalue weighted by atomic mass is 16.1. The van der Waals surface area contributed by atoms with Gasteiger partial charge in [0.15, 0.2) is 5.78 Å². The summed E-state index contributed by atoms with van der Waals surface area (Å²) in [7, 11) is 0. The number of carbonyl (C=O) groups is 1. The van der Waals surface area contributed by atoms with E-state index in [9.17, 15) is 4.79 Å². The molecule has 2 aromatic rings. The third-order valence-corrected chi connectivity index (χ3v) is 2.40. The molecule has 0 radical (unpaired) electrons. The van der Waals surface area contributed by atoms with Crippen LogP contribution in [0.15, 0.2) is 43.0 Å². The number of Topliss-reactive ketones (excluding diaryl/α,β-unsaturated/α-hetero) is 1. The highest BCUT2D eigenvalue weighted by Gasteiger charge is 2.04. The Kier molecular flexibility index (Phi) is 3.15. The van der Waals surface area contributed by atoms with Gasteiger partial charge >= 0.3 is 0 Å². The minimum Gasteiger partial charge on any atom is -0.330 e. The molecule has 3 nitrogen and oxygen atoms in total. The van der Waals surface area contributed by atoms with E-state index in [4.69, 9.17) is 0 Å². The van der Waals surface area contributed by atoms with E-state index in [1.54, 1.807) is 23.3 Å². The van der Waals surface area contributed by atoms with Crippen LogP contribution in [0.1, 0.15) is 11.1 Å². The van der Waals surface area contributed by atoms with E-state index >= 15 is 0 Å². The summed E-state index contributed by atoms with van der Waals surface area (Å²) in [6.07, 6.45) is 5.63. The Balaban J connectivity index is 1.97. The maximum Gasteiger partial charge on any atom is 0.156 e. The maximum absolute atomic E-state index is 11.7. The quantitative estimate of drug-likeness (QED) is 0.780. The average Bonchev–Trinajstić information content (AvgIpc) is 2.70. The highest BCUT2D eigenvalue weighted by molar-refractivity contribution is 5.80. The van der Waals surface area contributed by atoms with E-state index in [0.29, 0.717) is 13.0 Å². The number of aromatic nitrogens is 2. The molecule has 16 heavy (non-hydrogen) atoms. The van der Waals surface area contributed by atoms with Crippen molar-refractivity contribution in [1.29, 1.82) is 0 Å². The van der Waals surface area contributed by atoms with E-state index in [0.717, 1.165) is 5.56 Å². The summed E-state index contributed by atoms with van der Waals surface area (Å²) >= 11 is 0. The van der Waals surface area contributed by atoms with Crippen molar-refractivity contribution in [1.82, 2.24) is 9.55 Å². The van der Waals surface area contributed by atoms with Gasteiger partial charge in [-0.25, -0.2) is 4.98 Å². The van der Waals surface area contributed by atoms with Gasteiger partial charge in [-0.1, -0.05) is 29.8 Å². The van der Waals surface area contributed by atoms with Crippen LogP contribution in [0.2, 0.25) is 0 Å². The molecule has 82 valence electrons. The van der Waals surface area contributed by atoms with Gasteiger partial charge in [0.05, 0.1) is 12.9 Å². The molecule has 0 saturated carbocycles. The first kappa shape index (κ1) is 10.6. The first-order chi connectivity index (χ1) is 7.74. The smallest absolute Gasteiger partial charge is 0.156 e. The van der Waals surface area contributed by atoms with Crippen LogP contribution in [0.25, 0.3) is 0 Å². The normalized spacial score (nSPS) is 10.3. The fraction of sp³-hybridized carbons (Fsp3) is 0.231. The summed E-state index contributed by atoms with van der Waals surface area (Å²) in [6.45, 7) is 2.43. The molecule has 0 aliphatic rings. The topological polar surface area (TPSA) is 34.9 Å². The van der Waals surface area contributed by atoms with E-state index in [1.807, 2.05) is 31.2 Å². The zero-order valence-electron chi connectivity index (χ0n) is 9.26. The molecule has 0 aliphatic carbocycles. The number of carbonyl (C=O) groups excluding carboxylic acids is 1. The van der Waals surface area contributed by atoms with Gasteiger partial charge < -0.3 is 4.57 Å². The molecule has 0 N–H and O–H groups in total. The first-order valence-corrected chi connectivity index (χ1v) is 5.27.